The molecule has 2 aromatic heterocycles. The van der Waals surface area contributed by atoms with E-state index in [4.69, 9.17) is 4.52 Å². The van der Waals surface area contributed by atoms with E-state index in [-0.39, 0.29) is 5.91 Å². The van der Waals surface area contributed by atoms with Crippen LogP contribution in [-0.2, 0) is 11.2 Å². The predicted octanol–water partition coefficient (Wildman–Crippen LogP) is 0.742. The Bertz CT molecular complexity index is 568. The first kappa shape index (κ1) is 15.1. The maximum absolute atomic E-state index is 11.6. The Labute approximate surface area is 123 Å². The summed E-state index contributed by atoms with van der Waals surface area (Å²) in [6.07, 6.45) is 4.12. The molecule has 7 heteroatoms. The summed E-state index contributed by atoms with van der Waals surface area (Å²) in [6, 6.07) is 3.62. The van der Waals surface area contributed by atoms with Crippen LogP contribution in [0.15, 0.2) is 29.0 Å². The summed E-state index contributed by atoms with van der Waals surface area (Å²) in [4.78, 5) is 21.9. The molecular weight excluding hydrogens is 270 g/mol. The van der Waals surface area contributed by atoms with E-state index >= 15 is 0 Å². The van der Waals surface area contributed by atoms with Crippen molar-refractivity contribution < 1.29 is 9.32 Å². The molecule has 1 N–H and O–H groups in total. The summed E-state index contributed by atoms with van der Waals surface area (Å²) in [5.41, 5.74) is 0.843. The van der Waals surface area contributed by atoms with Crippen molar-refractivity contribution in [3.8, 4) is 11.4 Å². The molecule has 0 saturated heterocycles. The number of aromatic nitrogens is 3. The van der Waals surface area contributed by atoms with Gasteiger partial charge in [-0.2, -0.15) is 4.98 Å². The van der Waals surface area contributed by atoms with Crippen LogP contribution < -0.4 is 5.32 Å². The molecule has 0 unspecified atom stereocenters. The second kappa shape index (κ2) is 7.49. The van der Waals surface area contributed by atoms with Crippen molar-refractivity contribution in [2.75, 3.05) is 27.2 Å². The van der Waals surface area contributed by atoms with E-state index in [1.165, 1.54) is 0 Å². The number of nitrogens with one attached hydrogen (secondary N) is 1. The second-order valence-corrected chi connectivity index (χ2v) is 4.90. The van der Waals surface area contributed by atoms with Crippen LogP contribution >= 0.6 is 0 Å². The minimum Gasteiger partial charge on any atom is -0.355 e. The van der Waals surface area contributed by atoms with Crippen molar-refractivity contribution in [3.05, 3.63) is 30.4 Å². The molecule has 0 aliphatic carbocycles. The quantitative estimate of drug-likeness (QED) is 0.809. The van der Waals surface area contributed by atoms with Crippen molar-refractivity contribution in [1.29, 1.82) is 0 Å². The molecule has 0 atom stereocenters. The largest absolute Gasteiger partial charge is 0.355 e. The van der Waals surface area contributed by atoms with Crippen molar-refractivity contribution in [2.24, 2.45) is 0 Å². The van der Waals surface area contributed by atoms with Gasteiger partial charge in [-0.1, -0.05) is 5.16 Å². The van der Waals surface area contributed by atoms with E-state index in [0.29, 0.717) is 31.1 Å². The lowest BCUT2D eigenvalue weighted by atomic mass is 10.2. The van der Waals surface area contributed by atoms with E-state index < -0.39 is 0 Å². The Kier molecular flexibility index (Phi) is 5.39. The van der Waals surface area contributed by atoms with Gasteiger partial charge in [-0.15, -0.1) is 0 Å². The molecule has 0 aliphatic rings. The third-order valence-electron chi connectivity index (χ3n) is 2.85. The molecule has 21 heavy (non-hydrogen) atoms. The molecule has 0 aliphatic heterocycles. The Balaban J connectivity index is 1.79. The number of likely N-dealkylation sites (N-methyl/N-ethyl adjacent to an activating group) is 1. The molecular formula is C14H19N5O2. The summed E-state index contributed by atoms with van der Waals surface area (Å²) >= 11 is 0. The topological polar surface area (TPSA) is 84.2 Å². The number of hydrogen-bond donors (Lipinski definition) is 1. The number of rotatable bonds is 7. The molecule has 0 aromatic carbocycles. The average molecular weight is 289 g/mol. The maximum Gasteiger partial charge on any atom is 0.227 e. The van der Waals surface area contributed by atoms with E-state index in [2.05, 4.69) is 20.4 Å². The third kappa shape index (κ3) is 4.96. The maximum atomic E-state index is 11.6. The standard InChI is InChI=1S/C14H19N5O2/c1-19(2)10-9-16-12(20)3-4-13-17-14(18-21-13)11-5-7-15-8-6-11/h5-8H,3-4,9-10H2,1-2H3,(H,16,20). The van der Waals surface area contributed by atoms with Crippen LogP contribution in [0.1, 0.15) is 12.3 Å². The first-order valence-corrected chi connectivity index (χ1v) is 6.79. The number of carbonyl (C=O) groups is 1. The van der Waals surface area contributed by atoms with Gasteiger partial charge in [0.15, 0.2) is 0 Å². The van der Waals surface area contributed by atoms with Gasteiger partial charge in [0.25, 0.3) is 0 Å². The molecule has 0 bridgehead atoms. The van der Waals surface area contributed by atoms with Gasteiger partial charge in [0, 0.05) is 43.9 Å². The van der Waals surface area contributed by atoms with E-state index in [0.717, 1.165) is 12.1 Å². The molecule has 0 radical (unpaired) electrons. The number of amides is 1. The number of nitrogens with zero attached hydrogens (tertiary/aromatic N) is 4. The zero-order valence-electron chi connectivity index (χ0n) is 12.2. The third-order valence-corrected chi connectivity index (χ3v) is 2.85. The van der Waals surface area contributed by atoms with Crippen molar-refractivity contribution in [2.45, 2.75) is 12.8 Å². The van der Waals surface area contributed by atoms with Gasteiger partial charge in [-0.05, 0) is 26.2 Å². The highest BCUT2D eigenvalue weighted by atomic mass is 16.5. The Morgan fingerprint density at radius 2 is 2.10 bits per heavy atom. The lowest BCUT2D eigenvalue weighted by molar-refractivity contribution is -0.121. The highest BCUT2D eigenvalue weighted by molar-refractivity contribution is 5.76. The van der Waals surface area contributed by atoms with Crippen LogP contribution in [-0.4, -0.2) is 53.1 Å². The monoisotopic (exact) mass is 289 g/mol. The predicted molar refractivity (Wildman–Crippen MR) is 77.4 cm³/mol. The first-order valence-electron chi connectivity index (χ1n) is 6.79. The average Bonchev–Trinajstić information content (AvgIpc) is 2.94. The van der Waals surface area contributed by atoms with Crippen LogP contribution in [0.4, 0.5) is 0 Å². The number of hydrogen-bond acceptors (Lipinski definition) is 6. The van der Waals surface area contributed by atoms with Gasteiger partial charge in [0.2, 0.25) is 17.6 Å². The zero-order valence-corrected chi connectivity index (χ0v) is 12.2. The minimum atomic E-state index is -0.0134. The van der Waals surface area contributed by atoms with Crippen molar-refractivity contribution in [3.63, 3.8) is 0 Å². The summed E-state index contributed by atoms with van der Waals surface area (Å²) in [6.45, 7) is 1.45. The molecule has 0 spiro atoms. The Morgan fingerprint density at radius 3 is 2.81 bits per heavy atom. The summed E-state index contributed by atoms with van der Waals surface area (Å²) in [5, 5.41) is 6.74. The number of carbonyl (C=O) groups excluding carboxylic acids is 1. The molecule has 0 fully saturated rings. The first-order chi connectivity index (χ1) is 10.1. The molecule has 2 heterocycles. The van der Waals surface area contributed by atoms with Crippen LogP contribution in [0, 0.1) is 0 Å². The molecule has 2 rings (SSSR count). The fourth-order valence-electron chi connectivity index (χ4n) is 1.70. The van der Waals surface area contributed by atoms with E-state index in [1.807, 2.05) is 31.1 Å². The van der Waals surface area contributed by atoms with Crippen molar-refractivity contribution in [1.82, 2.24) is 25.3 Å². The van der Waals surface area contributed by atoms with Gasteiger partial charge in [0.1, 0.15) is 0 Å². The van der Waals surface area contributed by atoms with E-state index in [1.54, 1.807) is 12.4 Å². The van der Waals surface area contributed by atoms with Gasteiger partial charge >= 0.3 is 0 Å². The molecule has 7 nitrogen and oxygen atoms in total. The van der Waals surface area contributed by atoms with Crippen LogP contribution in [0.2, 0.25) is 0 Å². The summed E-state index contributed by atoms with van der Waals surface area (Å²) in [5.74, 6) is 0.963. The summed E-state index contributed by atoms with van der Waals surface area (Å²) < 4.78 is 5.14. The van der Waals surface area contributed by atoms with Gasteiger partial charge < -0.3 is 14.7 Å². The van der Waals surface area contributed by atoms with Gasteiger partial charge in [-0.3, -0.25) is 9.78 Å². The highest BCUT2D eigenvalue weighted by Crippen LogP contribution is 2.14. The SMILES string of the molecule is CN(C)CCNC(=O)CCc1nc(-c2ccncc2)no1. The normalized spacial score (nSPS) is 10.8. The zero-order chi connectivity index (χ0) is 15.1. The molecule has 0 saturated carbocycles. The van der Waals surface area contributed by atoms with Crippen LogP contribution in [0.5, 0.6) is 0 Å². The summed E-state index contributed by atoms with van der Waals surface area (Å²) in [7, 11) is 3.93. The Morgan fingerprint density at radius 1 is 1.33 bits per heavy atom. The lowest BCUT2D eigenvalue weighted by Crippen LogP contribution is -2.31. The lowest BCUT2D eigenvalue weighted by Gasteiger charge is -2.09. The van der Waals surface area contributed by atoms with Gasteiger partial charge in [-0.25, -0.2) is 0 Å². The minimum absolute atomic E-state index is 0.0134. The Hall–Kier alpha value is -2.28. The number of pyridine rings is 1. The second-order valence-electron chi connectivity index (χ2n) is 4.90. The smallest absolute Gasteiger partial charge is 0.227 e. The fourth-order valence-corrected chi connectivity index (χ4v) is 1.70. The fraction of sp³-hybridized carbons (Fsp3) is 0.429. The van der Waals surface area contributed by atoms with Gasteiger partial charge in [0.05, 0.1) is 0 Å². The molecule has 1 amide bonds. The van der Waals surface area contributed by atoms with Crippen molar-refractivity contribution >= 4 is 5.91 Å². The van der Waals surface area contributed by atoms with E-state index in [9.17, 15) is 4.79 Å². The van der Waals surface area contributed by atoms with Crippen LogP contribution in [0.3, 0.4) is 0 Å². The molecule has 112 valence electrons. The molecule has 2 aromatic rings. The van der Waals surface area contributed by atoms with Crippen LogP contribution in [0.25, 0.3) is 11.4 Å². The highest BCUT2D eigenvalue weighted by Gasteiger charge is 2.10. The number of aryl methyl sites for hydroxylation is 1.